The second-order valence-corrected chi connectivity index (χ2v) is 6.99. The molecular formula is C23H21NO4. The molecular weight excluding hydrogens is 354 g/mol. The lowest BCUT2D eigenvalue weighted by atomic mass is 10.1. The van der Waals surface area contributed by atoms with Crippen molar-refractivity contribution in [3.05, 3.63) is 77.4 Å². The van der Waals surface area contributed by atoms with Crippen LogP contribution in [0.4, 0.5) is 0 Å². The Kier molecular flexibility index (Phi) is 4.98. The van der Waals surface area contributed by atoms with E-state index in [1.165, 1.54) is 0 Å². The molecule has 0 atom stereocenters. The number of aromatic hydroxyl groups is 1. The van der Waals surface area contributed by atoms with Crippen LogP contribution in [0.15, 0.2) is 60.7 Å². The van der Waals surface area contributed by atoms with E-state index < -0.39 is 5.97 Å². The summed E-state index contributed by atoms with van der Waals surface area (Å²) in [6.07, 6.45) is 2.11. The second-order valence-electron chi connectivity index (χ2n) is 6.99. The second kappa shape index (κ2) is 7.72. The van der Waals surface area contributed by atoms with Crippen molar-refractivity contribution in [3.8, 4) is 5.75 Å². The highest BCUT2D eigenvalue weighted by Gasteiger charge is 2.19. The van der Waals surface area contributed by atoms with Gasteiger partial charge in [0.15, 0.2) is 0 Å². The molecule has 5 heteroatoms. The van der Waals surface area contributed by atoms with E-state index in [9.17, 15) is 14.7 Å². The summed E-state index contributed by atoms with van der Waals surface area (Å²) in [6, 6.07) is 17.8. The minimum atomic E-state index is -0.583. The Bertz CT molecular complexity index is 1020. The molecule has 0 aromatic heterocycles. The number of phenolic OH excluding ortho intramolecular Hbond substituents is 1. The number of fused-ring (bicyclic) bond motifs is 1. The first-order chi connectivity index (χ1) is 13.6. The third kappa shape index (κ3) is 3.69. The lowest BCUT2D eigenvalue weighted by Gasteiger charge is -2.15. The summed E-state index contributed by atoms with van der Waals surface area (Å²) in [7, 11) is 0. The van der Waals surface area contributed by atoms with Crippen LogP contribution in [-0.4, -0.2) is 35.0 Å². The monoisotopic (exact) mass is 375 g/mol. The average molecular weight is 375 g/mol. The number of phenols is 1. The Labute approximate surface area is 163 Å². The largest absolute Gasteiger partial charge is 0.507 e. The number of carbonyl (C=O) groups excluding carboxylic acids is 2. The molecule has 1 saturated heterocycles. The number of carbonyl (C=O) groups is 2. The van der Waals surface area contributed by atoms with Crippen molar-refractivity contribution in [2.75, 3.05) is 13.1 Å². The zero-order valence-electron chi connectivity index (χ0n) is 15.4. The van der Waals surface area contributed by atoms with Crippen molar-refractivity contribution in [2.45, 2.75) is 19.4 Å². The third-order valence-corrected chi connectivity index (χ3v) is 5.05. The van der Waals surface area contributed by atoms with Gasteiger partial charge in [0.2, 0.25) is 0 Å². The van der Waals surface area contributed by atoms with E-state index in [4.69, 9.17) is 4.74 Å². The van der Waals surface area contributed by atoms with Gasteiger partial charge in [-0.3, -0.25) is 4.79 Å². The Morgan fingerprint density at radius 3 is 2.25 bits per heavy atom. The number of likely N-dealkylation sites (tertiary alicyclic amines) is 1. The zero-order chi connectivity index (χ0) is 19.5. The van der Waals surface area contributed by atoms with Crippen molar-refractivity contribution in [3.63, 3.8) is 0 Å². The number of hydrogen-bond donors (Lipinski definition) is 1. The normalized spacial score (nSPS) is 13.6. The average Bonchev–Trinajstić information content (AvgIpc) is 3.26. The SMILES string of the molecule is O=C(OCc1ccc(C(=O)N2CCCC2)cc1)c1cc2ccccc2cc1O. The van der Waals surface area contributed by atoms with Crippen molar-refractivity contribution in [2.24, 2.45) is 0 Å². The van der Waals surface area contributed by atoms with Crippen LogP contribution < -0.4 is 0 Å². The molecule has 1 aliphatic rings. The predicted octanol–water partition coefficient (Wildman–Crippen LogP) is 4.14. The lowest BCUT2D eigenvalue weighted by molar-refractivity contribution is 0.0469. The van der Waals surface area contributed by atoms with Gasteiger partial charge in [-0.1, -0.05) is 36.4 Å². The smallest absolute Gasteiger partial charge is 0.342 e. The van der Waals surface area contributed by atoms with Crippen LogP contribution in [0.3, 0.4) is 0 Å². The molecule has 0 saturated carbocycles. The molecule has 0 unspecified atom stereocenters. The first kappa shape index (κ1) is 18.0. The fourth-order valence-electron chi connectivity index (χ4n) is 3.46. The molecule has 1 fully saturated rings. The van der Waals surface area contributed by atoms with Gasteiger partial charge in [-0.25, -0.2) is 4.79 Å². The lowest BCUT2D eigenvalue weighted by Crippen LogP contribution is -2.27. The maximum Gasteiger partial charge on any atom is 0.342 e. The molecule has 4 rings (SSSR count). The molecule has 3 aromatic carbocycles. The molecule has 1 N–H and O–H groups in total. The Balaban J connectivity index is 1.42. The maximum atomic E-state index is 12.4. The fourth-order valence-corrected chi connectivity index (χ4v) is 3.46. The van der Waals surface area contributed by atoms with Crippen molar-refractivity contribution in [1.82, 2.24) is 4.90 Å². The number of rotatable bonds is 4. The molecule has 0 radical (unpaired) electrons. The third-order valence-electron chi connectivity index (χ3n) is 5.05. The summed E-state index contributed by atoms with van der Waals surface area (Å²) in [4.78, 5) is 26.6. The summed E-state index contributed by atoms with van der Waals surface area (Å²) in [5, 5.41) is 11.8. The standard InChI is InChI=1S/C23H21NO4/c25-21-14-19-6-2-1-5-18(19)13-20(21)23(27)28-15-16-7-9-17(10-8-16)22(26)24-11-3-4-12-24/h1-2,5-10,13-14,25H,3-4,11-12,15H2. The highest BCUT2D eigenvalue weighted by molar-refractivity contribution is 5.98. The van der Waals surface area contributed by atoms with Crippen LogP contribution in [0.2, 0.25) is 0 Å². The summed E-state index contributed by atoms with van der Waals surface area (Å²) in [5.74, 6) is -0.641. The van der Waals surface area contributed by atoms with Gasteiger partial charge in [0, 0.05) is 18.7 Å². The van der Waals surface area contributed by atoms with Crippen molar-refractivity contribution < 1.29 is 19.4 Å². The van der Waals surface area contributed by atoms with E-state index in [2.05, 4.69) is 0 Å². The summed E-state index contributed by atoms with van der Waals surface area (Å²) < 4.78 is 5.35. The molecule has 28 heavy (non-hydrogen) atoms. The summed E-state index contributed by atoms with van der Waals surface area (Å²) in [6.45, 7) is 1.70. The minimum Gasteiger partial charge on any atom is -0.507 e. The number of esters is 1. The number of ether oxygens (including phenoxy) is 1. The van der Waals surface area contributed by atoms with Gasteiger partial charge in [0.1, 0.15) is 17.9 Å². The number of hydrogen-bond acceptors (Lipinski definition) is 4. The fraction of sp³-hybridized carbons (Fsp3) is 0.217. The van der Waals surface area contributed by atoms with E-state index >= 15 is 0 Å². The maximum absolute atomic E-state index is 12.4. The number of nitrogens with zero attached hydrogens (tertiary/aromatic N) is 1. The van der Waals surface area contributed by atoms with Gasteiger partial charge in [-0.15, -0.1) is 0 Å². The number of benzene rings is 3. The van der Waals surface area contributed by atoms with Gasteiger partial charge in [0.05, 0.1) is 0 Å². The molecule has 1 heterocycles. The zero-order valence-corrected chi connectivity index (χ0v) is 15.4. The predicted molar refractivity (Wildman–Crippen MR) is 106 cm³/mol. The Morgan fingerprint density at radius 1 is 0.929 bits per heavy atom. The van der Waals surface area contributed by atoms with Crippen molar-refractivity contribution in [1.29, 1.82) is 0 Å². The first-order valence-electron chi connectivity index (χ1n) is 9.39. The van der Waals surface area contributed by atoms with Crippen molar-refractivity contribution >= 4 is 22.6 Å². The molecule has 5 nitrogen and oxygen atoms in total. The van der Waals surface area contributed by atoms with Crippen LogP contribution in [0.5, 0.6) is 5.75 Å². The van der Waals surface area contributed by atoms with Gasteiger partial charge in [-0.05, 0) is 53.4 Å². The Morgan fingerprint density at radius 2 is 1.57 bits per heavy atom. The summed E-state index contributed by atoms with van der Waals surface area (Å²) >= 11 is 0. The molecule has 1 amide bonds. The molecule has 0 bridgehead atoms. The minimum absolute atomic E-state index is 0.0436. The van der Waals surface area contributed by atoms with Crippen LogP contribution >= 0.6 is 0 Å². The number of amides is 1. The molecule has 0 spiro atoms. The molecule has 0 aliphatic carbocycles. The highest BCUT2D eigenvalue weighted by Crippen LogP contribution is 2.26. The van der Waals surface area contributed by atoms with Gasteiger partial charge >= 0.3 is 5.97 Å². The molecule has 3 aromatic rings. The molecule has 142 valence electrons. The van der Waals surface area contributed by atoms with Gasteiger partial charge < -0.3 is 14.7 Å². The van der Waals surface area contributed by atoms with Crippen LogP contribution in [0, 0.1) is 0 Å². The quantitative estimate of drug-likeness (QED) is 0.696. The topological polar surface area (TPSA) is 66.8 Å². The first-order valence-corrected chi connectivity index (χ1v) is 9.39. The van der Waals surface area contributed by atoms with Crippen LogP contribution in [-0.2, 0) is 11.3 Å². The van der Waals surface area contributed by atoms with E-state index in [-0.39, 0.29) is 23.8 Å². The van der Waals surface area contributed by atoms with Crippen LogP contribution in [0.25, 0.3) is 10.8 Å². The van der Waals surface area contributed by atoms with E-state index in [0.717, 1.165) is 42.3 Å². The van der Waals surface area contributed by atoms with Gasteiger partial charge in [0.25, 0.3) is 5.91 Å². The van der Waals surface area contributed by atoms with E-state index in [0.29, 0.717) is 5.56 Å². The van der Waals surface area contributed by atoms with E-state index in [1.54, 1.807) is 36.4 Å². The summed E-state index contributed by atoms with van der Waals surface area (Å²) in [5.41, 5.74) is 1.57. The van der Waals surface area contributed by atoms with E-state index in [1.807, 2.05) is 29.2 Å². The van der Waals surface area contributed by atoms with Gasteiger partial charge in [-0.2, -0.15) is 0 Å². The molecule has 1 aliphatic heterocycles. The highest BCUT2D eigenvalue weighted by atomic mass is 16.5. The van der Waals surface area contributed by atoms with Crippen LogP contribution in [0.1, 0.15) is 39.1 Å². The Hall–Kier alpha value is -3.34.